The molecule has 3 aromatic carbocycles. The lowest BCUT2D eigenvalue weighted by Gasteiger charge is -2.19. The molecule has 0 aliphatic carbocycles. The van der Waals surface area contributed by atoms with E-state index in [1.807, 2.05) is 34.6 Å². The van der Waals surface area contributed by atoms with E-state index < -0.39 is 10.9 Å². The summed E-state index contributed by atoms with van der Waals surface area (Å²) in [6.07, 6.45) is -3.33. The van der Waals surface area contributed by atoms with Crippen molar-refractivity contribution in [1.29, 1.82) is 0 Å². The first-order valence-corrected chi connectivity index (χ1v) is 10.4. The van der Waals surface area contributed by atoms with Gasteiger partial charge in [0.15, 0.2) is 0 Å². The average molecular weight is 497 g/mol. The van der Waals surface area contributed by atoms with Crippen LogP contribution in [0.3, 0.4) is 0 Å². The first-order chi connectivity index (χ1) is 14.3. The molecule has 3 rings (SSSR count). The van der Waals surface area contributed by atoms with E-state index in [0.29, 0.717) is 0 Å². The van der Waals surface area contributed by atoms with E-state index in [9.17, 15) is 17.6 Å². The Morgan fingerprint density at radius 3 is 1.42 bits per heavy atom. The van der Waals surface area contributed by atoms with Crippen molar-refractivity contribution in [3.8, 4) is 5.75 Å². The molecule has 0 saturated carbocycles. The summed E-state index contributed by atoms with van der Waals surface area (Å²) in [5.74, 6) is 0.191. The maximum atomic E-state index is 14.1. The van der Waals surface area contributed by atoms with Gasteiger partial charge in [-0.05, 0) is 91.5 Å². The first-order valence-electron chi connectivity index (χ1n) is 9.65. The maximum Gasteiger partial charge on any atom is 0.426 e. The Morgan fingerprint density at radius 2 is 1.03 bits per heavy atom. The molecule has 1 nitrogen and oxygen atoms in total. The third-order valence-corrected chi connectivity index (χ3v) is 5.37. The van der Waals surface area contributed by atoms with Gasteiger partial charge in [-0.2, -0.15) is 17.6 Å². The highest BCUT2D eigenvalue weighted by Gasteiger charge is 2.34. The summed E-state index contributed by atoms with van der Waals surface area (Å²) < 4.78 is 58.1. The molecule has 0 bridgehead atoms. The van der Waals surface area contributed by atoms with Crippen molar-refractivity contribution in [3.05, 3.63) is 99.6 Å². The second-order valence-electron chi connectivity index (χ2n) is 7.53. The maximum absolute atomic E-state index is 14.1. The number of alkyl halides is 5. The molecule has 3 aromatic rings. The molecule has 0 heterocycles. The number of benzene rings is 3. The van der Waals surface area contributed by atoms with Gasteiger partial charge in [-0.15, -0.1) is 0 Å². The fourth-order valence-electron chi connectivity index (χ4n) is 2.75. The van der Waals surface area contributed by atoms with Gasteiger partial charge in [0.05, 0.1) is 5.56 Å². The number of rotatable bonds is 4. The molecule has 0 aliphatic heterocycles. The lowest BCUT2D eigenvalue weighted by molar-refractivity contribution is -0.185. The van der Waals surface area contributed by atoms with Crippen molar-refractivity contribution in [2.24, 2.45) is 0 Å². The number of halogens is 5. The van der Waals surface area contributed by atoms with Gasteiger partial charge < -0.3 is 4.74 Å². The highest BCUT2D eigenvalue weighted by atomic mass is 79.9. The molecule has 0 spiro atoms. The van der Waals surface area contributed by atoms with Crippen LogP contribution in [0, 0.1) is 34.6 Å². The van der Waals surface area contributed by atoms with Crippen LogP contribution in [0.1, 0.15) is 38.9 Å². The van der Waals surface area contributed by atoms with E-state index >= 15 is 0 Å². The highest BCUT2D eigenvalue weighted by molar-refractivity contribution is 9.09. The van der Waals surface area contributed by atoms with E-state index in [1.165, 1.54) is 24.3 Å². The first kappa shape index (κ1) is 24.9. The largest absolute Gasteiger partial charge is 0.429 e. The van der Waals surface area contributed by atoms with Gasteiger partial charge in [0.2, 0.25) is 0 Å². The standard InChI is InChI=1S/C17H18F2O.C8H7BrF2/c1-11-5-7-15(8-6-11)17(18,19)20-16-9-12(2)14(4)13(3)10-16;1-6-2-4-7(5-3-6)8(9,10)11/h5-10H,1-4H3;2-5H,1H3. The Bertz CT molecular complexity index is 984. The lowest BCUT2D eigenvalue weighted by atomic mass is 10.0. The zero-order valence-corrected chi connectivity index (χ0v) is 19.7. The predicted octanol–water partition coefficient (Wildman–Crippen LogP) is 8.49. The summed E-state index contributed by atoms with van der Waals surface area (Å²) in [4.78, 5) is -2.90. The minimum Gasteiger partial charge on any atom is -0.429 e. The highest BCUT2D eigenvalue weighted by Crippen LogP contribution is 2.34. The molecule has 6 heteroatoms. The molecule has 0 saturated heterocycles. The Labute approximate surface area is 189 Å². The normalized spacial score (nSPS) is 11.5. The molecule has 0 N–H and O–H groups in total. The van der Waals surface area contributed by atoms with Crippen LogP contribution >= 0.6 is 15.9 Å². The van der Waals surface area contributed by atoms with Gasteiger partial charge in [-0.1, -0.05) is 47.5 Å². The molecule has 0 aliphatic rings. The van der Waals surface area contributed by atoms with Crippen molar-refractivity contribution in [3.63, 3.8) is 0 Å². The zero-order valence-electron chi connectivity index (χ0n) is 18.1. The zero-order chi connectivity index (χ0) is 23.4. The Hall–Kier alpha value is -2.34. The predicted molar refractivity (Wildman–Crippen MR) is 120 cm³/mol. The molecule has 0 unspecified atom stereocenters. The van der Waals surface area contributed by atoms with Crippen LogP contribution in [0.5, 0.6) is 5.75 Å². The molecule has 0 aromatic heterocycles. The summed E-state index contributed by atoms with van der Waals surface area (Å²) in [6, 6.07) is 15.5. The average Bonchev–Trinajstić information content (AvgIpc) is 2.66. The Kier molecular flexibility index (Phi) is 7.93. The number of hydrogen-bond acceptors (Lipinski definition) is 1. The third kappa shape index (κ3) is 7.10. The van der Waals surface area contributed by atoms with Crippen LogP contribution in [-0.4, -0.2) is 0 Å². The topological polar surface area (TPSA) is 9.23 Å². The minimum absolute atomic E-state index is 0.0110. The molecule has 0 amide bonds. The third-order valence-electron chi connectivity index (χ3n) is 4.91. The molecular formula is C25H25BrF4O. The van der Waals surface area contributed by atoms with E-state index in [1.54, 1.807) is 36.4 Å². The lowest BCUT2D eigenvalue weighted by Crippen LogP contribution is -2.22. The van der Waals surface area contributed by atoms with Crippen LogP contribution in [-0.2, 0) is 10.9 Å². The van der Waals surface area contributed by atoms with Crippen molar-refractivity contribution in [2.45, 2.75) is 45.6 Å². The van der Waals surface area contributed by atoms with Gasteiger partial charge in [-0.3, -0.25) is 0 Å². The Balaban J connectivity index is 0.000000262. The second-order valence-corrected chi connectivity index (χ2v) is 8.53. The van der Waals surface area contributed by atoms with Crippen LogP contribution in [0.4, 0.5) is 17.6 Å². The molecule has 166 valence electrons. The van der Waals surface area contributed by atoms with Crippen LogP contribution in [0.15, 0.2) is 60.7 Å². The van der Waals surface area contributed by atoms with Crippen LogP contribution in [0.25, 0.3) is 0 Å². The van der Waals surface area contributed by atoms with Gasteiger partial charge >= 0.3 is 10.9 Å². The summed E-state index contributed by atoms with van der Waals surface area (Å²) in [5, 5.41) is 0. The van der Waals surface area contributed by atoms with Crippen LogP contribution in [0.2, 0.25) is 0 Å². The van der Waals surface area contributed by atoms with E-state index in [2.05, 4.69) is 15.9 Å². The van der Waals surface area contributed by atoms with Gasteiger partial charge in [0, 0.05) is 5.56 Å². The van der Waals surface area contributed by atoms with E-state index in [4.69, 9.17) is 4.74 Å². The molecule has 0 fully saturated rings. The summed E-state index contributed by atoms with van der Waals surface area (Å²) in [5.41, 5.74) is 4.74. The van der Waals surface area contributed by atoms with Crippen molar-refractivity contribution in [2.75, 3.05) is 0 Å². The van der Waals surface area contributed by atoms with E-state index in [-0.39, 0.29) is 16.9 Å². The Morgan fingerprint density at radius 1 is 0.645 bits per heavy atom. The van der Waals surface area contributed by atoms with Gasteiger partial charge in [0.1, 0.15) is 5.75 Å². The number of hydrogen-bond donors (Lipinski definition) is 0. The van der Waals surface area contributed by atoms with Crippen molar-refractivity contribution >= 4 is 15.9 Å². The quantitative estimate of drug-likeness (QED) is 0.260. The molecule has 31 heavy (non-hydrogen) atoms. The number of aryl methyl sites for hydroxylation is 4. The minimum atomic E-state index is -3.33. The fraction of sp³-hybridized carbons (Fsp3) is 0.280. The summed E-state index contributed by atoms with van der Waals surface area (Å²) in [7, 11) is 0. The molecule has 0 radical (unpaired) electrons. The van der Waals surface area contributed by atoms with E-state index in [0.717, 1.165) is 27.8 Å². The van der Waals surface area contributed by atoms with Gasteiger partial charge in [-0.25, -0.2) is 0 Å². The fourth-order valence-corrected chi connectivity index (χ4v) is 3.02. The smallest absolute Gasteiger partial charge is 0.426 e. The van der Waals surface area contributed by atoms with Crippen molar-refractivity contribution < 1.29 is 22.3 Å². The second kappa shape index (κ2) is 9.86. The summed E-state index contributed by atoms with van der Waals surface area (Å²) in [6.45, 7) is 9.45. The van der Waals surface area contributed by atoms with Crippen LogP contribution < -0.4 is 4.74 Å². The SMILES string of the molecule is Cc1ccc(C(F)(F)Br)cc1.Cc1ccc(C(F)(F)Oc2cc(C)c(C)c(C)c2)cc1. The monoisotopic (exact) mass is 496 g/mol. The number of ether oxygens (including phenoxy) is 1. The van der Waals surface area contributed by atoms with Crippen molar-refractivity contribution in [1.82, 2.24) is 0 Å². The molecular weight excluding hydrogens is 472 g/mol. The molecule has 0 atom stereocenters. The van der Waals surface area contributed by atoms with Gasteiger partial charge in [0.25, 0.3) is 0 Å². The summed E-state index contributed by atoms with van der Waals surface area (Å²) >= 11 is 2.28.